The number of ether oxygens (including phenoxy) is 2. The van der Waals surface area contributed by atoms with Gasteiger partial charge in [0.1, 0.15) is 17.7 Å². The lowest BCUT2D eigenvalue weighted by Crippen LogP contribution is -2.67. The van der Waals surface area contributed by atoms with Crippen LogP contribution in [0.5, 0.6) is 5.75 Å². The number of esters is 1. The fourth-order valence-corrected chi connectivity index (χ4v) is 7.58. The van der Waals surface area contributed by atoms with E-state index in [2.05, 4.69) is 11.6 Å². The van der Waals surface area contributed by atoms with Crippen molar-refractivity contribution >= 4 is 37.8 Å². The van der Waals surface area contributed by atoms with Crippen molar-refractivity contribution in [2.45, 2.75) is 35.9 Å². The van der Waals surface area contributed by atoms with Crippen molar-refractivity contribution in [2.24, 2.45) is 4.99 Å². The van der Waals surface area contributed by atoms with Gasteiger partial charge in [0.05, 0.1) is 23.6 Å². The highest BCUT2D eigenvalue weighted by atomic mass is 33.1. The normalized spacial score (nSPS) is 17.4. The number of hydrogen-bond donors (Lipinski definition) is 0. The third-order valence-corrected chi connectivity index (χ3v) is 9.96. The molecule has 1 fully saturated rings. The standard InChI is InChI=1S/C30H27N3O6S2/c1-20(2)27(30(35)39-19-23-13-15-24(38-3)16-14-23)33-28(34)26(32-18-22-11-9-21(17-31)10-12-22)29(33)40-41(36,37)25-7-5-4-6-8-25/h4-16,18,26-27,29H,1,19H2,2-3H3. The van der Waals surface area contributed by atoms with Gasteiger partial charge in [-0.3, -0.25) is 9.79 Å². The number of hydrogen-bond acceptors (Lipinski definition) is 9. The first-order valence-electron chi connectivity index (χ1n) is 12.4. The van der Waals surface area contributed by atoms with Gasteiger partial charge in [-0.2, -0.15) is 5.26 Å². The second-order valence-electron chi connectivity index (χ2n) is 9.16. The maximum atomic E-state index is 13.4. The number of aliphatic imine (C=N–C) groups is 1. The van der Waals surface area contributed by atoms with Crippen molar-refractivity contribution in [1.29, 1.82) is 5.26 Å². The summed E-state index contributed by atoms with van der Waals surface area (Å²) in [5, 5.41) is 7.99. The molecule has 11 heteroatoms. The van der Waals surface area contributed by atoms with Gasteiger partial charge >= 0.3 is 5.97 Å². The summed E-state index contributed by atoms with van der Waals surface area (Å²) in [6.07, 6.45) is 1.45. The Kier molecular flexibility index (Phi) is 9.27. The SMILES string of the molecule is C=C(C)C(C(=O)OCc1ccc(OC)cc1)N1C(=O)C(N=Cc2ccc(C#N)cc2)C1SS(=O)(=O)c1ccccc1. The molecule has 1 heterocycles. The average molecular weight is 590 g/mol. The average Bonchev–Trinajstić information content (AvgIpc) is 2.99. The van der Waals surface area contributed by atoms with Gasteiger partial charge in [0, 0.05) is 17.0 Å². The van der Waals surface area contributed by atoms with E-state index in [-0.39, 0.29) is 11.5 Å². The first-order valence-corrected chi connectivity index (χ1v) is 15.3. The summed E-state index contributed by atoms with van der Waals surface area (Å²) in [6, 6.07) is 21.1. The number of β-lactam (4-membered cyclic amide) rings is 1. The highest BCUT2D eigenvalue weighted by molar-refractivity contribution is 8.72. The summed E-state index contributed by atoms with van der Waals surface area (Å²) in [5.41, 5.74) is 2.11. The van der Waals surface area contributed by atoms with Crippen LogP contribution in [-0.2, 0) is 29.8 Å². The number of nitriles is 1. The summed E-state index contributed by atoms with van der Waals surface area (Å²) < 4.78 is 37.3. The molecule has 0 saturated carbocycles. The first-order chi connectivity index (χ1) is 19.6. The van der Waals surface area contributed by atoms with Crippen LogP contribution in [0.4, 0.5) is 0 Å². The van der Waals surface area contributed by atoms with Crippen LogP contribution in [0.1, 0.15) is 23.6 Å². The van der Waals surface area contributed by atoms with Gasteiger partial charge in [0.2, 0.25) is 8.87 Å². The van der Waals surface area contributed by atoms with E-state index in [1.165, 1.54) is 23.2 Å². The zero-order chi connectivity index (χ0) is 29.6. The predicted octanol–water partition coefficient (Wildman–Crippen LogP) is 4.33. The Morgan fingerprint density at radius 2 is 1.78 bits per heavy atom. The minimum atomic E-state index is -3.93. The Morgan fingerprint density at radius 3 is 2.37 bits per heavy atom. The number of nitrogens with zero attached hydrogens (tertiary/aromatic N) is 3. The number of carbonyl (C=O) groups excluding carboxylic acids is 2. The van der Waals surface area contributed by atoms with Gasteiger partial charge < -0.3 is 14.4 Å². The van der Waals surface area contributed by atoms with Gasteiger partial charge in [-0.25, -0.2) is 13.2 Å². The molecule has 0 aromatic heterocycles. The third kappa shape index (κ3) is 6.85. The van der Waals surface area contributed by atoms with Crippen LogP contribution in [-0.4, -0.2) is 56.0 Å². The topological polar surface area (TPSA) is 126 Å². The molecule has 0 spiro atoms. The van der Waals surface area contributed by atoms with E-state index in [0.29, 0.717) is 38.8 Å². The highest BCUT2D eigenvalue weighted by Crippen LogP contribution is 2.41. The Labute approximate surface area is 242 Å². The van der Waals surface area contributed by atoms with Crippen LogP contribution >= 0.6 is 10.8 Å². The van der Waals surface area contributed by atoms with Crippen LogP contribution in [0.25, 0.3) is 0 Å². The zero-order valence-corrected chi connectivity index (χ0v) is 24.0. The Bertz CT molecular complexity index is 1600. The lowest BCUT2D eigenvalue weighted by atomic mass is 9.99. The molecule has 3 unspecified atom stereocenters. The van der Waals surface area contributed by atoms with Crippen molar-refractivity contribution in [1.82, 2.24) is 4.90 Å². The second-order valence-corrected chi connectivity index (χ2v) is 13.1. The van der Waals surface area contributed by atoms with Gasteiger partial charge in [-0.1, -0.05) is 49.0 Å². The molecule has 1 amide bonds. The Balaban J connectivity index is 1.60. The van der Waals surface area contributed by atoms with E-state index in [0.717, 1.165) is 0 Å². The van der Waals surface area contributed by atoms with E-state index in [1.54, 1.807) is 80.8 Å². The fraction of sp³-hybridized carbons (Fsp3) is 0.200. The molecule has 41 heavy (non-hydrogen) atoms. The van der Waals surface area contributed by atoms with Crippen LogP contribution in [0.3, 0.4) is 0 Å². The summed E-state index contributed by atoms with van der Waals surface area (Å²) >= 11 is 0. The van der Waals surface area contributed by atoms with Crippen molar-refractivity contribution in [3.05, 3.63) is 108 Å². The first kappa shape index (κ1) is 29.6. The van der Waals surface area contributed by atoms with E-state index in [4.69, 9.17) is 14.7 Å². The molecule has 1 aliphatic rings. The minimum Gasteiger partial charge on any atom is -0.497 e. The van der Waals surface area contributed by atoms with Crippen molar-refractivity contribution in [3.63, 3.8) is 0 Å². The second kappa shape index (κ2) is 12.8. The number of methoxy groups -OCH3 is 1. The fourth-order valence-electron chi connectivity index (χ4n) is 4.07. The maximum absolute atomic E-state index is 13.4. The Hall–Kier alpha value is -4.40. The zero-order valence-electron chi connectivity index (χ0n) is 22.3. The number of benzene rings is 3. The summed E-state index contributed by atoms with van der Waals surface area (Å²) in [7, 11) is -1.84. The van der Waals surface area contributed by atoms with Crippen LogP contribution in [0, 0.1) is 11.3 Å². The van der Waals surface area contributed by atoms with Crippen LogP contribution in [0.2, 0.25) is 0 Å². The van der Waals surface area contributed by atoms with E-state index < -0.39 is 38.2 Å². The number of carbonyl (C=O) groups is 2. The van der Waals surface area contributed by atoms with Crippen molar-refractivity contribution < 1.29 is 27.5 Å². The van der Waals surface area contributed by atoms with Gasteiger partial charge in [-0.15, -0.1) is 0 Å². The summed E-state index contributed by atoms with van der Waals surface area (Å²) in [5.74, 6) is -0.623. The quantitative estimate of drug-likeness (QED) is 0.106. The summed E-state index contributed by atoms with van der Waals surface area (Å²) in [6.45, 7) is 5.40. The lowest BCUT2D eigenvalue weighted by Gasteiger charge is -2.47. The maximum Gasteiger partial charge on any atom is 0.333 e. The molecule has 3 atom stereocenters. The molecule has 0 radical (unpaired) electrons. The molecule has 0 N–H and O–H groups in total. The van der Waals surface area contributed by atoms with Gasteiger partial charge in [-0.05, 0) is 60.0 Å². The van der Waals surface area contributed by atoms with E-state index in [9.17, 15) is 18.0 Å². The third-order valence-electron chi connectivity index (χ3n) is 6.24. The van der Waals surface area contributed by atoms with Gasteiger partial charge in [0.25, 0.3) is 5.91 Å². The van der Waals surface area contributed by atoms with Crippen LogP contribution < -0.4 is 4.74 Å². The highest BCUT2D eigenvalue weighted by Gasteiger charge is 2.55. The summed E-state index contributed by atoms with van der Waals surface area (Å²) in [4.78, 5) is 32.3. The monoisotopic (exact) mass is 589 g/mol. The molecule has 1 aliphatic heterocycles. The van der Waals surface area contributed by atoms with Crippen molar-refractivity contribution in [3.8, 4) is 11.8 Å². The molecular formula is C30H27N3O6S2. The molecule has 4 rings (SSSR count). The molecule has 3 aromatic carbocycles. The smallest absolute Gasteiger partial charge is 0.333 e. The molecule has 3 aromatic rings. The number of amides is 1. The molecule has 0 aliphatic carbocycles. The molecule has 210 valence electrons. The molecule has 9 nitrogen and oxygen atoms in total. The van der Waals surface area contributed by atoms with E-state index in [1.807, 2.05) is 6.07 Å². The number of likely N-dealkylation sites (tertiary alicyclic amines) is 1. The van der Waals surface area contributed by atoms with Crippen LogP contribution in [0.15, 0.2) is 101 Å². The lowest BCUT2D eigenvalue weighted by molar-refractivity contribution is -0.161. The Morgan fingerprint density at radius 1 is 1.12 bits per heavy atom. The largest absolute Gasteiger partial charge is 0.497 e. The van der Waals surface area contributed by atoms with Gasteiger partial charge in [0.15, 0.2) is 12.1 Å². The number of rotatable bonds is 11. The van der Waals surface area contributed by atoms with E-state index >= 15 is 0 Å². The molecule has 1 saturated heterocycles. The minimum absolute atomic E-state index is 0.0605. The predicted molar refractivity (Wildman–Crippen MR) is 156 cm³/mol. The van der Waals surface area contributed by atoms with Crippen molar-refractivity contribution in [2.75, 3.05) is 7.11 Å². The molecular weight excluding hydrogens is 562 g/mol. The molecule has 0 bridgehead atoms.